The molecule has 0 amide bonds. The van der Waals surface area contributed by atoms with E-state index in [1.807, 2.05) is 42.5 Å². The van der Waals surface area contributed by atoms with Crippen LogP contribution in [0.5, 0.6) is 0 Å². The van der Waals surface area contributed by atoms with Crippen LogP contribution in [-0.4, -0.2) is 9.97 Å². The number of hydrogen-bond donors (Lipinski definition) is 2. The second-order valence-electron chi connectivity index (χ2n) is 6.64. The third-order valence-electron chi connectivity index (χ3n) is 4.77. The minimum absolute atomic E-state index is 0.0424. The number of nitrogens with two attached hydrogens (primary N) is 1. The molecule has 0 bridgehead atoms. The van der Waals surface area contributed by atoms with Crippen molar-refractivity contribution in [1.29, 1.82) is 5.26 Å². The monoisotopic (exact) mass is 365 g/mol. The maximum absolute atomic E-state index is 9.62. The summed E-state index contributed by atoms with van der Waals surface area (Å²) in [4.78, 5) is 8.62. The molecule has 2 heterocycles. The van der Waals surface area contributed by atoms with E-state index < -0.39 is 0 Å². The summed E-state index contributed by atoms with van der Waals surface area (Å²) in [7, 11) is 0. The second-order valence-corrected chi connectivity index (χ2v) is 6.64. The Morgan fingerprint density at radius 2 is 1.75 bits per heavy atom. The molecular weight excluding hydrogens is 346 g/mol. The van der Waals surface area contributed by atoms with E-state index >= 15 is 0 Å². The number of anilines is 2. The summed E-state index contributed by atoms with van der Waals surface area (Å²) in [6.45, 7) is 2.08. The van der Waals surface area contributed by atoms with Gasteiger partial charge in [-0.15, -0.1) is 0 Å². The van der Waals surface area contributed by atoms with E-state index in [0.717, 1.165) is 33.3 Å². The summed E-state index contributed by atoms with van der Waals surface area (Å²) in [5.41, 5.74) is 10.9. The fraction of sp³-hybridized carbons (Fsp3) is 0.0870. The van der Waals surface area contributed by atoms with Crippen LogP contribution in [-0.2, 0) is 0 Å². The minimum atomic E-state index is 0.0424. The molecule has 2 aromatic carbocycles. The molecule has 1 unspecified atom stereocenters. The highest BCUT2D eigenvalue weighted by Crippen LogP contribution is 2.32. The smallest absolute Gasteiger partial charge is 0.123 e. The number of nitrogens with one attached hydrogen (secondary N) is 1. The average Bonchev–Trinajstić information content (AvgIpc) is 2.75. The molecule has 0 aliphatic heterocycles. The summed E-state index contributed by atoms with van der Waals surface area (Å²) < 4.78 is 0. The third kappa shape index (κ3) is 3.36. The van der Waals surface area contributed by atoms with E-state index in [4.69, 9.17) is 5.73 Å². The predicted octanol–water partition coefficient (Wildman–Crippen LogP) is 4.92. The molecule has 5 nitrogen and oxygen atoms in total. The molecule has 0 aliphatic rings. The number of aromatic nitrogens is 2. The number of nitrogens with zero attached hydrogens (tertiary/aromatic N) is 3. The maximum atomic E-state index is 9.62. The van der Waals surface area contributed by atoms with Crippen molar-refractivity contribution >= 4 is 22.4 Å². The van der Waals surface area contributed by atoms with Crippen molar-refractivity contribution in [3.8, 4) is 17.2 Å². The zero-order valence-corrected chi connectivity index (χ0v) is 15.4. The van der Waals surface area contributed by atoms with E-state index in [9.17, 15) is 5.26 Å². The Balaban J connectivity index is 1.82. The highest BCUT2D eigenvalue weighted by atomic mass is 14.9. The Labute approximate surface area is 163 Å². The lowest BCUT2D eigenvalue weighted by molar-refractivity contribution is 0.885. The van der Waals surface area contributed by atoms with Crippen molar-refractivity contribution in [2.75, 3.05) is 11.1 Å². The molecule has 1 atom stereocenters. The molecule has 2 aromatic heterocycles. The van der Waals surface area contributed by atoms with Crippen LogP contribution in [0.25, 0.3) is 22.0 Å². The van der Waals surface area contributed by atoms with Crippen molar-refractivity contribution in [3.63, 3.8) is 0 Å². The van der Waals surface area contributed by atoms with Gasteiger partial charge in [-0.3, -0.25) is 4.98 Å². The van der Waals surface area contributed by atoms with E-state index in [1.54, 1.807) is 18.5 Å². The van der Waals surface area contributed by atoms with Crippen molar-refractivity contribution in [2.45, 2.75) is 13.0 Å². The highest BCUT2D eigenvalue weighted by Gasteiger charge is 2.14. The van der Waals surface area contributed by atoms with E-state index in [1.165, 1.54) is 0 Å². The lowest BCUT2D eigenvalue weighted by Crippen LogP contribution is -2.08. The Bertz CT molecular complexity index is 1160. The molecule has 28 heavy (non-hydrogen) atoms. The first kappa shape index (κ1) is 17.5. The molecule has 4 aromatic rings. The van der Waals surface area contributed by atoms with E-state index in [2.05, 4.69) is 40.4 Å². The van der Waals surface area contributed by atoms with Gasteiger partial charge in [0, 0.05) is 29.4 Å². The van der Waals surface area contributed by atoms with Gasteiger partial charge in [-0.1, -0.05) is 36.4 Å². The molecule has 0 saturated heterocycles. The molecule has 5 heteroatoms. The van der Waals surface area contributed by atoms with Crippen LogP contribution in [0, 0.1) is 11.3 Å². The first-order chi connectivity index (χ1) is 13.7. The number of nitriles is 1. The molecule has 0 fully saturated rings. The van der Waals surface area contributed by atoms with Gasteiger partial charge in [0.25, 0.3) is 0 Å². The number of hydrogen-bond acceptors (Lipinski definition) is 5. The molecule has 4 rings (SSSR count). The van der Waals surface area contributed by atoms with Gasteiger partial charge in [0.2, 0.25) is 0 Å². The summed E-state index contributed by atoms with van der Waals surface area (Å²) in [6.07, 6.45) is 3.37. The SMILES string of the molecule is CC(Nc1c(C#N)cnc2ccc(-c3ccc(N)nc3)cc12)c1ccccc1. The van der Waals surface area contributed by atoms with Crippen LogP contribution in [0.4, 0.5) is 11.5 Å². The van der Waals surface area contributed by atoms with Crippen molar-refractivity contribution < 1.29 is 0 Å². The normalized spacial score (nSPS) is 11.7. The van der Waals surface area contributed by atoms with Crippen LogP contribution >= 0.6 is 0 Å². The van der Waals surface area contributed by atoms with Crippen LogP contribution in [0.2, 0.25) is 0 Å². The van der Waals surface area contributed by atoms with Crippen LogP contribution in [0.15, 0.2) is 73.1 Å². The van der Waals surface area contributed by atoms with Crippen molar-refractivity contribution in [1.82, 2.24) is 9.97 Å². The van der Waals surface area contributed by atoms with Gasteiger partial charge in [0.15, 0.2) is 0 Å². The van der Waals surface area contributed by atoms with Crippen molar-refractivity contribution in [3.05, 3.63) is 84.2 Å². The lowest BCUT2D eigenvalue weighted by atomic mass is 10.0. The van der Waals surface area contributed by atoms with E-state index in [-0.39, 0.29) is 6.04 Å². The zero-order chi connectivity index (χ0) is 19.5. The first-order valence-electron chi connectivity index (χ1n) is 9.02. The van der Waals surface area contributed by atoms with Crippen LogP contribution in [0.3, 0.4) is 0 Å². The largest absolute Gasteiger partial charge is 0.384 e. The van der Waals surface area contributed by atoms with Gasteiger partial charge in [0.05, 0.1) is 16.8 Å². The molecule has 0 spiro atoms. The molecular formula is C23H19N5. The molecule has 0 radical (unpaired) electrons. The summed E-state index contributed by atoms with van der Waals surface area (Å²) >= 11 is 0. The fourth-order valence-electron chi connectivity index (χ4n) is 3.23. The lowest BCUT2D eigenvalue weighted by Gasteiger charge is -2.18. The molecule has 0 saturated carbocycles. The van der Waals surface area contributed by atoms with Gasteiger partial charge in [-0.05, 0) is 42.3 Å². The number of pyridine rings is 2. The Hall–Kier alpha value is -3.91. The summed E-state index contributed by atoms with van der Waals surface area (Å²) in [5, 5.41) is 14.0. The Morgan fingerprint density at radius 3 is 2.46 bits per heavy atom. The number of rotatable bonds is 4. The third-order valence-corrected chi connectivity index (χ3v) is 4.77. The maximum Gasteiger partial charge on any atom is 0.123 e. The minimum Gasteiger partial charge on any atom is -0.384 e. The highest BCUT2D eigenvalue weighted by molar-refractivity contribution is 5.96. The molecule has 0 aliphatic carbocycles. The van der Waals surface area contributed by atoms with E-state index in [0.29, 0.717) is 11.4 Å². The van der Waals surface area contributed by atoms with Crippen molar-refractivity contribution in [2.24, 2.45) is 0 Å². The number of nitrogen functional groups attached to an aromatic ring is 1. The molecule has 136 valence electrons. The summed E-state index contributed by atoms with van der Waals surface area (Å²) in [5.74, 6) is 0.483. The molecule has 3 N–H and O–H groups in total. The standard InChI is InChI=1S/C23H19N5/c1-15(16-5-3-2-4-6-16)28-23-19(12-24)14-26-21-9-7-17(11-20(21)23)18-8-10-22(25)27-13-18/h2-11,13-15H,1H3,(H2,25,27)(H,26,28). The van der Waals surface area contributed by atoms with Gasteiger partial charge in [-0.25, -0.2) is 4.98 Å². The average molecular weight is 365 g/mol. The zero-order valence-electron chi connectivity index (χ0n) is 15.4. The quantitative estimate of drug-likeness (QED) is 0.536. The Morgan fingerprint density at radius 1 is 0.964 bits per heavy atom. The number of fused-ring (bicyclic) bond motifs is 1. The van der Waals surface area contributed by atoms with Gasteiger partial charge in [-0.2, -0.15) is 5.26 Å². The van der Waals surface area contributed by atoms with Gasteiger partial charge in [0.1, 0.15) is 11.9 Å². The fourth-order valence-corrected chi connectivity index (χ4v) is 3.23. The second kappa shape index (κ2) is 7.37. The summed E-state index contributed by atoms with van der Waals surface area (Å²) in [6, 6.07) is 22.2. The van der Waals surface area contributed by atoms with Gasteiger partial charge >= 0.3 is 0 Å². The first-order valence-corrected chi connectivity index (χ1v) is 9.02. The Kier molecular flexibility index (Phi) is 4.61. The van der Waals surface area contributed by atoms with Gasteiger partial charge < -0.3 is 11.1 Å². The number of benzene rings is 2. The van der Waals surface area contributed by atoms with Crippen LogP contribution in [0.1, 0.15) is 24.1 Å². The topological polar surface area (TPSA) is 87.6 Å². The van der Waals surface area contributed by atoms with Crippen LogP contribution < -0.4 is 11.1 Å². The predicted molar refractivity (Wildman–Crippen MR) is 113 cm³/mol.